The van der Waals surface area contributed by atoms with Crippen LogP contribution in [0.4, 0.5) is 5.82 Å². The fourth-order valence-electron chi connectivity index (χ4n) is 2.35. The van der Waals surface area contributed by atoms with Crippen molar-refractivity contribution < 1.29 is 0 Å². The Morgan fingerprint density at radius 1 is 1.14 bits per heavy atom. The lowest BCUT2D eigenvalue weighted by molar-refractivity contribution is 1.01. The van der Waals surface area contributed by atoms with E-state index in [0.717, 1.165) is 34.3 Å². The number of anilines is 1. The zero-order valence-electron chi connectivity index (χ0n) is 11.8. The zero-order valence-corrected chi connectivity index (χ0v) is 13.4. The second kappa shape index (κ2) is 6.22. The van der Waals surface area contributed by atoms with E-state index < -0.39 is 0 Å². The molecule has 0 unspecified atom stereocenters. The van der Waals surface area contributed by atoms with Gasteiger partial charge in [-0.3, -0.25) is 4.98 Å². The molecule has 0 amide bonds. The summed E-state index contributed by atoms with van der Waals surface area (Å²) in [6.45, 7) is 2.85. The van der Waals surface area contributed by atoms with E-state index in [4.69, 9.17) is 0 Å². The molecule has 2 aromatic heterocycles. The van der Waals surface area contributed by atoms with E-state index in [1.165, 1.54) is 10.9 Å². The maximum atomic E-state index is 4.48. The van der Waals surface area contributed by atoms with Crippen molar-refractivity contribution in [3.63, 3.8) is 0 Å². The van der Waals surface area contributed by atoms with Crippen LogP contribution in [0.15, 0.2) is 53.3 Å². The minimum Gasteiger partial charge on any atom is -0.369 e. The lowest BCUT2D eigenvalue weighted by atomic mass is 10.1. The monoisotopic (exact) mass is 341 g/mol. The summed E-state index contributed by atoms with van der Waals surface area (Å²) in [4.78, 5) is 8.88. The third-order valence-electron chi connectivity index (χ3n) is 3.38. The number of aryl methyl sites for hydroxylation is 1. The molecule has 1 N–H and O–H groups in total. The Morgan fingerprint density at radius 2 is 2.00 bits per heavy atom. The SMILES string of the molecule is Cc1cnc(NCCc2cccc3cccnc23)c(Br)c1. The first kappa shape index (κ1) is 14.0. The van der Waals surface area contributed by atoms with E-state index in [-0.39, 0.29) is 0 Å². The highest BCUT2D eigenvalue weighted by molar-refractivity contribution is 9.10. The molecule has 3 aromatic rings. The van der Waals surface area contributed by atoms with E-state index in [2.05, 4.69) is 61.5 Å². The highest BCUT2D eigenvalue weighted by Crippen LogP contribution is 2.21. The Kier molecular flexibility index (Phi) is 4.15. The van der Waals surface area contributed by atoms with Crippen molar-refractivity contribution in [2.24, 2.45) is 0 Å². The van der Waals surface area contributed by atoms with Crippen molar-refractivity contribution in [2.75, 3.05) is 11.9 Å². The van der Waals surface area contributed by atoms with E-state index in [0.29, 0.717) is 0 Å². The van der Waals surface area contributed by atoms with Gasteiger partial charge in [0.2, 0.25) is 0 Å². The van der Waals surface area contributed by atoms with Crippen LogP contribution in [0.2, 0.25) is 0 Å². The summed E-state index contributed by atoms with van der Waals surface area (Å²) < 4.78 is 0.999. The molecule has 0 saturated heterocycles. The predicted octanol–water partition coefficient (Wildman–Crippen LogP) is 4.36. The number of fused-ring (bicyclic) bond motifs is 1. The third-order valence-corrected chi connectivity index (χ3v) is 3.99. The van der Waals surface area contributed by atoms with Crippen molar-refractivity contribution in [2.45, 2.75) is 13.3 Å². The quantitative estimate of drug-likeness (QED) is 0.766. The maximum absolute atomic E-state index is 4.48. The fraction of sp³-hybridized carbons (Fsp3) is 0.176. The van der Waals surface area contributed by atoms with Crippen LogP contribution in [0.3, 0.4) is 0 Å². The second-order valence-electron chi connectivity index (χ2n) is 5.01. The molecule has 0 aliphatic carbocycles. The number of aromatic nitrogens is 2. The molecule has 1 aromatic carbocycles. The number of pyridine rings is 2. The third kappa shape index (κ3) is 3.22. The van der Waals surface area contributed by atoms with Gasteiger partial charge in [-0.1, -0.05) is 24.3 Å². The Labute approximate surface area is 132 Å². The van der Waals surface area contributed by atoms with Gasteiger partial charge in [0.25, 0.3) is 0 Å². The first-order valence-corrected chi connectivity index (χ1v) is 7.72. The topological polar surface area (TPSA) is 37.8 Å². The Hall–Kier alpha value is -1.94. The van der Waals surface area contributed by atoms with Crippen molar-refractivity contribution in [3.05, 3.63) is 64.4 Å². The van der Waals surface area contributed by atoms with Gasteiger partial charge in [-0.25, -0.2) is 4.98 Å². The van der Waals surface area contributed by atoms with Crippen molar-refractivity contribution in [1.82, 2.24) is 9.97 Å². The first-order chi connectivity index (χ1) is 10.2. The summed E-state index contributed by atoms with van der Waals surface area (Å²) >= 11 is 3.54. The van der Waals surface area contributed by atoms with Crippen LogP contribution in [0, 0.1) is 6.92 Å². The molecule has 0 fully saturated rings. The van der Waals surface area contributed by atoms with Gasteiger partial charge in [0, 0.05) is 24.3 Å². The van der Waals surface area contributed by atoms with Gasteiger partial charge < -0.3 is 5.32 Å². The molecule has 0 radical (unpaired) electrons. The molecular formula is C17H16BrN3. The molecule has 4 heteroatoms. The average Bonchev–Trinajstić information content (AvgIpc) is 2.50. The smallest absolute Gasteiger partial charge is 0.140 e. The molecule has 106 valence electrons. The molecule has 0 atom stereocenters. The molecule has 0 saturated carbocycles. The first-order valence-electron chi connectivity index (χ1n) is 6.93. The molecule has 3 rings (SSSR count). The summed E-state index contributed by atoms with van der Waals surface area (Å²) in [6.07, 6.45) is 4.63. The average molecular weight is 342 g/mol. The number of hydrogen-bond donors (Lipinski definition) is 1. The summed E-state index contributed by atoms with van der Waals surface area (Å²) in [5, 5.41) is 4.55. The predicted molar refractivity (Wildman–Crippen MR) is 90.6 cm³/mol. The number of nitrogens with one attached hydrogen (secondary N) is 1. The van der Waals surface area contributed by atoms with Crippen LogP contribution in [0.25, 0.3) is 10.9 Å². The molecule has 2 heterocycles. The number of benzene rings is 1. The lowest BCUT2D eigenvalue weighted by Gasteiger charge is -2.09. The van der Waals surface area contributed by atoms with Crippen LogP contribution in [0.5, 0.6) is 0 Å². The summed E-state index contributed by atoms with van der Waals surface area (Å²) in [5.41, 5.74) is 3.48. The number of nitrogens with zero attached hydrogens (tertiary/aromatic N) is 2. The normalized spacial score (nSPS) is 10.8. The van der Waals surface area contributed by atoms with E-state index in [1.54, 1.807) is 0 Å². The van der Waals surface area contributed by atoms with Gasteiger partial charge in [-0.05, 0) is 52.5 Å². The minimum absolute atomic E-state index is 0.824. The molecule has 0 spiro atoms. The van der Waals surface area contributed by atoms with Gasteiger partial charge in [-0.15, -0.1) is 0 Å². The van der Waals surface area contributed by atoms with Crippen LogP contribution >= 0.6 is 15.9 Å². The standard InChI is InChI=1S/C17H16BrN3/c1-12-10-15(18)17(21-11-12)20-9-7-14-5-2-4-13-6-3-8-19-16(13)14/h2-6,8,10-11H,7,9H2,1H3,(H,20,21). The van der Waals surface area contributed by atoms with Crippen LogP contribution < -0.4 is 5.32 Å². The Bertz CT molecular complexity index is 766. The molecule has 0 aliphatic heterocycles. The van der Waals surface area contributed by atoms with Crippen molar-refractivity contribution in [1.29, 1.82) is 0 Å². The van der Waals surface area contributed by atoms with Gasteiger partial charge >= 0.3 is 0 Å². The van der Waals surface area contributed by atoms with Crippen LogP contribution in [-0.4, -0.2) is 16.5 Å². The molecule has 21 heavy (non-hydrogen) atoms. The highest BCUT2D eigenvalue weighted by Gasteiger charge is 2.04. The number of rotatable bonds is 4. The van der Waals surface area contributed by atoms with Crippen molar-refractivity contribution in [3.8, 4) is 0 Å². The fourth-order valence-corrected chi connectivity index (χ4v) is 2.95. The Balaban J connectivity index is 1.72. The number of halogens is 1. The molecule has 0 bridgehead atoms. The summed E-state index contributed by atoms with van der Waals surface area (Å²) in [5.74, 6) is 0.883. The second-order valence-corrected chi connectivity index (χ2v) is 5.87. The van der Waals surface area contributed by atoms with E-state index in [9.17, 15) is 0 Å². The lowest BCUT2D eigenvalue weighted by Crippen LogP contribution is -2.07. The molecular weight excluding hydrogens is 326 g/mol. The summed E-state index contributed by atoms with van der Waals surface area (Å²) in [6, 6.07) is 12.4. The zero-order chi connectivity index (χ0) is 14.7. The van der Waals surface area contributed by atoms with Gasteiger partial charge in [0.15, 0.2) is 0 Å². The maximum Gasteiger partial charge on any atom is 0.140 e. The minimum atomic E-state index is 0.824. The number of hydrogen-bond acceptors (Lipinski definition) is 3. The van der Waals surface area contributed by atoms with E-state index in [1.807, 2.05) is 25.4 Å². The van der Waals surface area contributed by atoms with Crippen LogP contribution in [0.1, 0.15) is 11.1 Å². The molecule has 0 aliphatic rings. The van der Waals surface area contributed by atoms with Gasteiger partial charge in [0.1, 0.15) is 5.82 Å². The van der Waals surface area contributed by atoms with Crippen LogP contribution in [-0.2, 0) is 6.42 Å². The van der Waals surface area contributed by atoms with E-state index >= 15 is 0 Å². The van der Waals surface area contributed by atoms with Crippen molar-refractivity contribution >= 4 is 32.7 Å². The highest BCUT2D eigenvalue weighted by atomic mass is 79.9. The van der Waals surface area contributed by atoms with Gasteiger partial charge in [0.05, 0.1) is 9.99 Å². The molecule has 3 nitrogen and oxygen atoms in total. The van der Waals surface area contributed by atoms with Gasteiger partial charge in [-0.2, -0.15) is 0 Å². The number of para-hydroxylation sites is 1. The Morgan fingerprint density at radius 3 is 2.86 bits per heavy atom. The summed E-state index contributed by atoms with van der Waals surface area (Å²) in [7, 11) is 0. The largest absolute Gasteiger partial charge is 0.369 e.